The minimum Gasteiger partial charge on any atom is -0.369 e. The Balaban J connectivity index is 2.11. The predicted molar refractivity (Wildman–Crippen MR) is 88.8 cm³/mol. The number of benzene rings is 1. The molecule has 2 aromatic rings. The maximum atomic E-state index is 6.28. The summed E-state index contributed by atoms with van der Waals surface area (Å²) in [5, 5.41) is 9.18. The van der Waals surface area contributed by atoms with Crippen LogP contribution < -0.4 is 5.32 Å². The number of rotatable bonds is 4. The van der Waals surface area contributed by atoms with Crippen molar-refractivity contribution >= 4 is 17.4 Å². The van der Waals surface area contributed by atoms with Crippen molar-refractivity contribution in [3.05, 3.63) is 40.0 Å². The summed E-state index contributed by atoms with van der Waals surface area (Å²) in [6, 6.07) is 6.14. The van der Waals surface area contributed by atoms with Crippen LogP contribution in [0.2, 0.25) is 5.02 Å². The number of hydrogen-bond donors (Lipinski definition) is 1. The zero-order valence-corrected chi connectivity index (χ0v) is 13.7. The monoisotopic (exact) mass is 303 g/mol. The summed E-state index contributed by atoms with van der Waals surface area (Å²) in [6.07, 6.45) is 3.34. The zero-order valence-electron chi connectivity index (χ0n) is 12.9. The lowest BCUT2D eigenvalue weighted by Crippen LogP contribution is -2.06. The van der Waals surface area contributed by atoms with Gasteiger partial charge in [-0.3, -0.25) is 0 Å². The summed E-state index contributed by atoms with van der Waals surface area (Å²) in [4.78, 5) is 0. The lowest BCUT2D eigenvalue weighted by Gasteiger charge is -2.11. The van der Waals surface area contributed by atoms with Crippen molar-refractivity contribution in [2.24, 2.45) is 0 Å². The molecule has 4 heteroatoms. The molecule has 1 aliphatic rings. The van der Waals surface area contributed by atoms with Crippen molar-refractivity contribution in [3.63, 3.8) is 0 Å². The molecule has 0 amide bonds. The van der Waals surface area contributed by atoms with E-state index in [0.29, 0.717) is 5.92 Å². The molecule has 0 unspecified atom stereocenters. The van der Waals surface area contributed by atoms with Gasteiger partial charge in [-0.15, -0.1) is 0 Å². The van der Waals surface area contributed by atoms with Gasteiger partial charge in [0.15, 0.2) is 0 Å². The summed E-state index contributed by atoms with van der Waals surface area (Å²) in [5.74, 6) is 1.69. The van der Waals surface area contributed by atoms with Crippen LogP contribution in [-0.2, 0) is 6.42 Å². The van der Waals surface area contributed by atoms with Crippen molar-refractivity contribution in [1.29, 1.82) is 0 Å². The highest BCUT2D eigenvalue weighted by atomic mass is 35.5. The first-order chi connectivity index (χ1) is 10.2. The lowest BCUT2D eigenvalue weighted by molar-refractivity contribution is 0.607. The highest BCUT2D eigenvalue weighted by Gasteiger charge is 2.26. The van der Waals surface area contributed by atoms with Crippen LogP contribution in [-0.4, -0.2) is 16.3 Å². The van der Waals surface area contributed by atoms with Crippen molar-refractivity contribution in [3.8, 4) is 5.69 Å². The summed E-state index contributed by atoms with van der Waals surface area (Å²) in [7, 11) is 0. The van der Waals surface area contributed by atoms with Crippen molar-refractivity contribution in [2.75, 3.05) is 11.9 Å². The molecule has 0 spiro atoms. The fourth-order valence-electron chi connectivity index (χ4n) is 3.10. The van der Waals surface area contributed by atoms with E-state index in [2.05, 4.69) is 31.3 Å². The molecule has 21 heavy (non-hydrogen) atoms. The molecule has 2 heterocycles. The number of aromatic nitrogens is 2. The van der Waals surface area contributed by atoms with E-state index in [1.807, 2.05) is 17.7 Å². The average molecular weight is 304 g/mol. The van der Waals surface area contributed by atoms with Gasteiger partial charge in [0, 0.05) is 23.0 Å². The molecule has 0 saturated heterocycles. The second-order valence-electron chi connectivity index (χ2n) is 5.75. The van der Waals surface area contributed by atoms with E-state index in [-0.39, 0.29) is 0 Å². The Morgan fingerprint density at radius 2 is 2.10 bits per heavy atom. The van der Waals surface area contributed by atoms with Gasteiger partial charge in [-0.2, -0.15) is 5.10 Å². The summed E-state index contributed by atoms with van der Waals surface area (Å²) in [6.45, 7) is 7.50. The zero-order chi connectivity index (χ0) is 15.0. The van der Waals surface area contributed by atoms with Gasteiger partial charge in [0.25, 0.3) is 0 Å². The molecule has 1 N–H and O–H groups in total. The normalized spacial score (nSPS) is 13.6. The van der Waals surface area contributed by atoms with Gasteiger partial charge in [-0.1, -0.05) is 31.5 Å². The number of fused-ring (bicyclic) bond motifs is 1. The van der Waals surface area contributed by atoms with Crippen LogP contribution in [0.1, 0.15) is 49.4 Å². The van der Waals surface area contributed by atoms with Crippen LogP contribution >= 0.6 is 11.6 Å². The standard InChI is InChI=1S/C17H22ClN3/c1-4-12(5-2)16-14-8-9-19-17(14)21(20-16)13-7-6-11(3)15(18)10-13/h6-7,10,12,19H,4-5,8-9H2,1-3H3. The van der Waals surface area contributed by atoms with Crippen LogP contribution in [0, 0.1) is 6.92 Å². The number of nitrogens with one attached hydrogen (secondary N) is 1. The second kappa shape index (κ2) is 5.72. The van der Waals surface area contributed by atoms with Gasteiger partial charge in [-0.25, -0.2) is 4.68 Å². The topological polar surface area (TPSA) is 29.9 Å². The van der Waals surface area contributed by atoms with Gasteiger partial charge in [0.1, 0.15) is 5.82 Å². The molecule has 3 rings (SSSR count). The van der Waals surface area contributed by atoms with Gasteiger partial charge in [0.05, 0.1) is 11.4 Å². The summed E-state index contributed by atoms with van der Waals surface area (Å²) >= 11 is 6.28. The van der Waals surface area contributed by atoms with Gasteiger partial charge in [-0.05, 0) is 43.9 Å². The first-order valence-electron chi connectivity index (χ1n) is 7.77. The maximum absolute atomic E-state index is 6.28. The van der Waals surface area contributed by atoms with Crippen molar-refractivity contribution < 1.29 is 0 Å². The van der Waals surface area contributed by atoms with Gasteiger partial charge in [0.2, 0.25) is 0 Å². The van der Waals surface area contributed by atoms with Crippen LogP contribution in [0.15, 0.2) is 18.2 Å². The molecule has 0 saturated carbocycles. The minimum absolute atomic E-state index is 0.542. The molecular weight excluding hydrogens is 282 g/mol. The van der Waals surface area contributed by atoms with Gasteiger partial charge >= 0.3 is 0 Å². The van der Waals surface area contributed by atoms with E-state index in [1.54, 1.807) is 0 Å². The third-order valence-electron chi connectivity index (χ3n) is 4.45. The lowest BCUT2D eigenvalue weighted by atomic mass is 9.96. The minimum atomic E-state index is 0.542. The highest BCUT2D eigenvalue weighted by Crippen LogP contribution is 2.35. The number of aryl methyl sites for hydroxylation is 1. The number of halogens is 1. The largest absolute Gasteiger partial charge is 0.369 e. The second-order valence-corrected chi connectivity index (χ2v) is 6.16. The molecule has 0 radical (unpaired) electrons. The molecule has 3 nitrogen and oxygen atoms in total. The predicted octanol–water partition coefficient (Wildman–Crippen LogP) is 4.71. The van der Waals surface area contributed by atoms with Crippen LogP contribution in [0.25, 0.3) is 5.69 Å². The quantitative estimate of drug-likeness (QED) is 0.887. The van der Waals surface area contributed by atoms with E-state index in [0.717, 1.165) is 47.9 Å². The van der Waals surface area contributed by atoms with Crippen LogP contribution in [0.3, 0.4) is 0 Å². The summed E-state index contributed by atoms with van der Waals surface area (Å²) < 4.78 is 2.03. The van der Waals surface area contributed by atoms with E-state index < -0.39 is 0 Å². The molecule has 1 aromatic heterocycles. The third kappa shape index (κ3) is 2.44. The average Bonchev–Trinajstić information content (AvgIpc) is 3.07. The van der Waals surface area contributed by atoms with E-state index in [9.17, 15) is 0 Å². The van der Waals surface area contributed by atoms with E-state index in [1.165, 1.54) is 11.3 Å². The maximum Gasteiger partial charge on any atom is 0.133 e. The van der Waals surface area contributed by atoms with E-state index in [4.69, 9.17) is 16.7 Å². The van der Waals surface area contributed by atoms with Crippen molar-refractivity contribution in [1.82, 2.24) is 9.78 Å². The molecule has 112 valence electrons. The Bertz CT molecular complexity index is 656. The molecule has 0 bridgehead atoms. The number of anilines is 1. The van der Waals surface area contributed by atoms with Gasteiger partial charge < -0.3 is 5.32 Å². The fraction of sp³-hybridized carbons (Fsp3) is 0.471. The summed E-state index contributed by atoms with van der Waals surface area (Å²) in [5.41, 5.74) is 4.78. The molecular formula is C17H22ClN3. The third-order valence-corrected chi connectivity index (χ3v) is 4.86. The highest BCUT2D eigenvalue weighted by molar-refractivity contribution is 6.31. The van der Waals surface area contributed by atoms with Crippen LogP contribution in [0.5, 0.6) is 0 Å². The molecule has 1 aromatic carbocycles. The molecule has 0 fully saturated rings. The van der Waals surface area contributed by atoms with Crippen LogP contribution in [0.4, 0.5) is 5.82 Å². The first-order valence-corrected chi connectivity index (χ1v) is 8.15. The number of nitrogens with zero attached hydrogens (tertiary/aromatic N) is 2. The van der Waals surface area contributed by atoms with Crippen molar-refractivity contribution in [2.45, 2.75) is 46.0 Å². The van der Waals surface area contributed by atoms with E-state index >= 15 is 0 Å². The molecule has 0 aliphatic carbocycles. The fourth-order valence-corrected chi connectivity index (χ4v) is 3.28. The molecule has 1 aliphatic heterocycles. The Labute approximate surface area is 131 Å². The smallest absolute Gasteiger partial charge is 0.133 e. The number of hydrogen-bond acceptors (Lipinski definition) is 2. The molecule has 0 atom stereocenters. The SMILES string of the molecule is CCC(CC)c1nn(-c2ccc(C)c(Cl)c2)c2c1CCN2. The first kappa shape index (κ1) is 14.5. The Morgan fingerprint density at radius 1 is 1.33 bits per heavy atom. The Hall–Kier alpha value is -1.48. The Kier molecular flexibility index (Phi) is 3.94. The Morgan fingerprint density at radius 3 is 2.76 bits per heavy atom.